The summed E-state index contributed by atoms with van der Waals surface area (Å²) in [5, 5.41) is 19.9. The minimum Gasteiger partial charge on any atom is -0.322 e. The number of nitrogens with one attached hydrogen (secondary N) is 1. The van der Waals surface area contributed by atoms with E-state index >= 15 is 0 Å². The van der Waals surface area contributed by atoms with Gasteiger partial charge >= 0.3 is 0 Å². The third-order valence-corrected chi connectivity index (χ3v) is 10.1. The van der Waals surface area contributed by atoms with Gasteiger partial charge in [-0.25, -0.2) is 4.68 Å². The van der Waals surface area contributed by atoms with E-state index in [4.69, 9.17) is 5.10 Å². The largest absolute Gasteiger partial charge is 0.322 e. The predicted molar refractivity (Wildman–Crippen MR) is 160 cm³/mol. The molecule has 4 fully saturated rings. The number of benzene rings is 3. The molecule has 1 N–H and O–H groups in total. The first-order valence-electron chi connectivity index (χ1n) is 14.3. The van der Waals surface area contributed by atoms with E-state index in [0.717, 1.165) is 41.1 Å². The van der Waals surface area contributed by atoms with Gasteiger partial charge in [-0.1, -0.05) is 47.7 Å². The van der Waals surface area contributed by atoms with Crippen molar-refractivity contribution in [2.24, 2.45) is 17.8 Å². The number of aryl methyl sites for hydroxylation is 1. The fraction of sp³-hybridized carbons (Fsp3) is 0.333. The van der Waals surface area contributed by atoms with E-state index in [1.807, 2.05) is 72.4 Å². The summed E-state index contributed by atoms with van der Waals surface area (Å²) in [6.07, 6.45) is 9.00. The van der Waals surface area contributed by atoms with E-state index in [2.05, 4.69) is 5.32 Å². The van der Waals surface area contributed by atoms with Crippen LogP contribution >= 0.6 is 11.8 Å². The molecule has 1 aromatic heterocycles. The maximum absolute atomic E-state index is 14.0. The van der Waals surface area contributed by atoms with Gasteiger partial charge in [-0.2, -0.15) is 5.10 Å². The Bertz CT molecular complexity index is 1590. The zero-order valence-electron chi connectivity index (χ0n) is 23.0. The lowest BCUT2D eigenvalue weighted by atomic mass is 9.48. The van der Waals surface area contributed by atoms with Crippen LogP contribution in [0.1, 0.15) is 60.1 Å². The lowest BCUT2D eigenvalue weighted by Crippen LogP contribution is -2.49. The summed E-state index contributed by atoms with van der Waals surface area (Å²) < 4.78 is 1.83. The fourth-order valence-electron chi connectivity index (χ4n) is 7.81. The van der Waals surface area contributed by atoms with Gasteiger partial charge in [-0.3, -0.25) is 14.9 Å². The molecule has 208 valence electrons. The Labute approximate surface area is 243 Å². The number of nitro benzene ring substituents is 1. The molecule has 0 unspecified atom stereocenters. The van der Waals surface area contributed by atoms with Crippen molar-refractivity contribution in [3.63, 3.8) is 0 Å². The number of carbonyl (C=O) groups is 1. The van der Waals surface area contributed by atoms with Gasteiger partial charge < -0.3 is 5.32 Å². The molecule has 8 rings (SSSR count). The van der Waals surface area contributed by atoms with Gasteiger partial charge in [0.2, 0.25) is 0 Å². The molecule has 0 aliphatic heterocycles. The van der Waals surface area contributed by atoms with Gasteiger partial charge in [0.1, 0.15) is 0 Å². The van der Waals surface area contributed by atoms with Crippen LogP contribution in [0.25, 0.3) is 5.69 Å². The molecule has 0 spiro atoms. The number of aromatic nitrogens is 2. The summed E-state index contributed by atoms with van der Waals surface area (Å²) in [4.78, 5) is 27.1. The van der Waals surface area contributed by atoms with Crippen LogP contribution in [0.15, 0.2) is 88.8 Å². The number of amides is 1. The highest BCUT2D eigenvalue weighted by Crippen LogP contribution is 2.61. The lowest BCUT2D eigenvalue weighted by Gasteiger charge is -2.56. The Morgan fingerprint density at radius 1 is 0.951 bits per heavy atom. The average molecular weight is 565 g/mol. The molecule has 4 aliphatic carbocycles. The molecule has 4 saturated carbocycles. The number of nitrogens with zero attached hydrogens (tertiary/aromatic N) is 3. The Morgan fingerprint density at radius 2 is 1.61 bits per heavy atom. The quantitative estimate of drug-likeness (QED) is 0.182. The van der Waals surface area contributed by atoms with Crippen LogP contribution in [0.2, 0.25) is 0 Å². The highest BCUT2D eigenvalue weighted by Gasteiger charge is 2.54. The summed E-state index contributed by atoms with van der Waals surface area (Å²) in [6, 6.07) is 22.7. The van der Waals surface area contributed by atoms with Crippen LogP contribution < -0.4 is 5.32 Å². The smallest absolute Gasteiger partial charge is 0.272 e. The molecule has 8 heteroatoms. The molecule has 0 atom stereocenters. The van der Waals surface area contributed by atoms with Crippen LogP contribution in [0, 0.1) is 34.8 Å². The molecule has 1 amide bonds. The monoisotopic (exact) mass is 564 g/mol. The number of hydrogen-bond acceptors (Lipinski definition) is 5. The van der Waals surface area contributed by atoms with Gasteiger partial charge in [-0.15, -0.1) is 0 Å². The molecular weight excluding hydrogens is 532 g/mol. The van der Waals surface area contributed by atoms with Crippen LogP contribution in [-0.2, 0) is 5.41 Å². The van der Waals surface area contributed by atoms with Gasteiger partial charge in [0.05, 0.1) is 21.9 Å². The van der Waals surface area contributed by atoms with E-state index < -0.39 is 4.92 Å². The number of nitro groups is 1. The number of para-hydroxylation sites is 1. The molecule has 0 saturated heterocycles. The van der Waals surface area contributed by atoms with Crippen LogP contribution in [0.3, 0.4) is 0 Å². The third kappa shape index (κ3) is 5.05. The van der Waals surface area contributed by atoms with Crippen molar-refractivity contribution in [3.05, 3.63) is 106 Å². The summed E-state index contributed by atoms with van der Waals surface area (Å²) in [7, 11) is 0. The molecular formula is C33H32N4O3S. The second kappa shape index (κ2) is 10.2. The van der Waals surface area contributed by atoms with Crippen molar-refractivity contribution in [1.29, 1.82) is 0 Å². The van der Waals surface area contributed by atoms with Gasteiger partial charge in [0.15, 0.2) is 0 Å². The summed E-state index contributed by atoms with van der Waals surface area (Å²) >= 11 is 1.44. The number of rotatable bonds is 7. The fourth-order valence-corrected chi connectivity index (χ4v) is 8.72. The highest BCUT2D eigenvalue weighted by molar-refractivity contribution is 7.99. The minimum atomic E-state index is -0.414. The zero-order valence-corrected chi connectivity index (χ0v) is 23.8. The molecule has 41 heavy (non-hydrogen) atoms. The first-order chi connectivity index (χ1) is 19.8. The Balaban J connectivity index is 1.25. The van der Waals surface area contributed by atoms with E-state index in [1.54, 1.807) is 12.1 Å². The number of carbonyl (C=O) groups excluding carboxylic acids is 1. The lowest BCUT2D eigenvalue weighted by molar-refractivity contribution is -0.385. The van der Waals surface area contributed by atoms with E-state index in [0.29, 0.717) is 33.9 Å². The summed E-state index contributed by atoms with van der Waals surface area (Å²) in [5.41, 5.74) is 3.77. The van der Waals surface area contributed by atoms with Crippen molar-refractivity contribution in [3.8, 4) is 5.69 Å². The Hall–Kier alpha value is -3.91. The molecule has 4 aromatic rings. The second-order valence-electron chi connectivity index (χ2n) is 12.2. The summed E-state index contributed by atoms with van der Waals surface area (Å²) in [6.45, 7) is 2.02. The average Bonchev–Trinajstić information content (AvgIpc) is 3.41. The van der Waals surface area contributed by atoms with Crippen LogP contribution in [0.4, 0.5) is 11.4 Å². The molecule has 0 radical (unpaired) electrons. The minimum absolute atomic E-state index is 0.0568. The zero-order chi connectivity index (χ0) is 28.1. The molecule has 3 aromatic carbocycles. The van der Waals surface area contributed by atoms with Gasteiger partial charge in [-0.05, 0) is 93.5 Å². The number of anilines is 1. The second-order valence-corrected chi connectivity index (χ2v) is 13.4. The topological polar surface area (TPSA) is 90.1 Å². The van der Waals surface area contributed by atoms with Crippen molar-refractivity contribution in [1.82, 2.24) is 9.78 Å². The predicted octanol–water partition coefficient (Wildman–Crippen LogP) is 7.96. The van der Waals surface area contributed by atoms with Crippen LogP contribution in [-0.4, -0.2) is 20.6 Å². The van der Waals surface area contributed by atoms with Crippen molar-refractivity contribution in [2.75, 3.05) is 5.32 Å². The first-order valence-corrected chi connectivity index (χ1v) is 15.2. The number of hydrogen-bond donors (Lipinski definition) is 1. The van der Waals surface area contributed by atoms with E-state index in [9.17, 15) is 14.9 Å². The van der Waals surface area contributed by atoms with Crippen molar-refractivity contribution >= 4 is 29.0 Å². The summed E-state index contributed by atoms with van der Waals surface area (Å²) in [5.74, 6) is 1.84. The maximum Gasteiger partial charge on any atom is 0.272 e. The van der Waals surface area contributed by atoms with Gasteiger partial charge in [0, 0.05) is 39.2 Å². The number of non-ortho nitro benzene ring substituents is 1. The normalized spacial score (nSPS) is 24.4. The Morgan fingerprint density at radius 3 is 2.24 bits per heavy atom. The SMILES string of the molecule is Cc1ccc(Sc2cc(NC(=O)c3cn(-c4ccccc4)nc3C34CC5CC(CC(C5)C3)C4)cc([N+](=O)[O-])c2)cc1. The van der Waals surface area contributed by atoms with Gasteiger partial charge in [0.25, 0.3) is 11.6 Å². The molecule has 4 aliphatic rings. The van der Waals surface area contributed by atoms with Crippen molar-refractivity contribution < 1.29 is 9.72 Å². The molecule has 4 bridgehead atoms. The Kier molecular flexibility index (Phi) is 6.46. The highest BCUT2D eigenvalue weighted by atomic mass is 32.2. The van der Waals surface area contributed by atoms with Crippen molar-refractivity contribution in [2.45, 2.75) is 60.7 Å². The molecule has 7 nitrogen and oxygen atoms in total. The first kappa shape index (κ1) is 26.0. The van der Waals surface area contributed by atoms with Crippen LogP contribution in [0.5, 0.6) is 0 Å². The van der Waals surface area contributed by atoms with E-state index in [1.165, 1.54) is 37.1 Å². The molecule has 1 heterocycles. The maximum atomic E-state index is 14.0. The standard InChI is InChI=1S/C33H32N4O3S/c1-21-7-9-28(10-8-21)41-29-15-25(14-27(16-29)37(39)40)34-32(38)30-20-36(26-5-3-2-4-6-26)35-31(30)33-17-22-11-23(18-33)13-24(12-22)19-33/h2-10,14-16,20,22-24H,11-13,17-19H2,1H3,(H,34,38). The van der Waals surface area contributed by atoms with E-state index in [-0.39, 0.29) is 17.0 Å². The third-order valence-electron chi connectivity index (χ3n) is 9.14.